The fraction of sp³-hybridized carbons (Fsp3) is 0.250. The van der Waals surface area contributed by atoms with Crippen LogP contribution in [0.5, 0.6) is 5.75 Å². The molecular weight excluding hydrogens is 349 g/mol. The van der Waals surface area contributed by atoms with E-state index in [2.05, 4.69) is 4.98 Å². The smallest absolute Gasteiger partial charge is 0.261 e. The van der Waals surface area contributed by atoms with Crippen molar-refractivity contribution >= 4 is 16.8 Å². The Bertz CT molecular complexity index is 1020. The molecule has 2 aromatic carbocycles. The second-order valence-electron chi connectivity index (χ2n) is 6.32. The lowest BCUT2D eigenvalue weighted by atomic mass is 10.2. The molecule has 0 saturated heterocycles. The Balaban J connectivity index is 1.61. The van der Waals surface area contributed by atoms with E-state index >= 15 is 0 Å². The van der Waals surface area contributed by atoms with Crippen LogP contribution in [-0.4, -0.2) is 40.6 Å². The van der Waals surface area contributed by atoms with Crippen molar-refractivity contribution in [3.8, 4) is 5.75 Å². The van der Waals surface area contributed by atoms with Gasteiger partial charge in [0, 0.05) is 7.05 Å². The molecule has 140 valence electrons. The molecule has 1 amide bonds. The van der Waals surface area contributed by atoms with Crippen LogP contribution < -0.4 is 10.3 Å². The highest BCUT2D eigenvalue weighted by Gasteiger charge is 2.12. The second kappa shape index (κ2) is 7.99. The predicted molar refractivity (Wildman–Crippen MR) is 100 cm³/mol. The Kier molecular flexibility index (Phi) is 5.49. The molecule has 7 heteroatoms. The highest BCUT2D eigenvalue weighted by molar-refractivity contribution is 5.79. The van der Waals surface area contributed by atoms with Crippen LogP contribution in [0.3, 0.4) is 0 Å². The predicted octanol–water partition coefficient (Wildman–Crippen LogP) is 2.38. The molecule has 0 atom stereocenters. The van der Waals surface area contributed by atoms with E-state index in [9.17, 15) is 14.0 Å². The maximum absolute atomic E-state index is 13.4. The lowest BCUT2D eigenvalue weighted by molar-refractivity contribution is -0.130. The Morgan fingerprint density at radius 1 is 1.22 bits per heavy atom. The minimum Gasteiger partial charge on any atom is -0.492 e. The van der Waals surface area contributed by atoms with Crippen LogP contribution in [-0.2, 0) is 11.3 Å². The number of benzene rings is 2. The number of hydrogen-bond acceptors (Lipinski definition) is 4. The van der Waals surface area contributed by atoms with Crippen LogP contribution in [0.2, 0.25) is 0 Å². The highest BCUT2D eigenvalue weighted by Crippen LogP contribution is 2.11. The number of carbonyl (C=O) groups excluding carboxylic acids is 1. The first-order valence-electron chi connectivity index (χ1n) is 8.52. The molecule has 3 rings (SSSR count). The van der Waals surface area contributed by atoms with Gasteiger partial charge in [0.15, 0.2) is 0 Å². The molecule has 0 aliphatic heterocycles. The summed E-state index contributed by atoms with van der Waals surface area (Å²) in [7, 11) is 1.64. The van der Waals surface area contributed by atoms with Crippen molar-refractivity contribution in [1.82, 2.24) is 14.5 Å². The maximum Gasteiger partial charge on any atom is 0.261 e. The maximum atomic E-state index is 13.4. The quantitative estimate of drug-likeness (QED) is 0.669. The van der Waals surface area contributed by atoms with Gasteiger partial charge in [0.1, 0.15) is 24.7 Å². The summed E-state index contributed by atoms with van der Waals surface area (Å²) in [6.45, 7) is 2.53. The number of carbonyl (C=O) groups is 1. The number of fused-ring (bicyclic) bond motifs is 1. The van der Waals surface area contributed by atoms with E-state index in [1.165, 1.54) is 27.9 Å². The van der Waals surface area contributed by atoms with Crippen LogP contribution in [0.15, 0.2) is 53.6 Å². The number of ether oxygens (including phenoxy) is 1. The second-order valence-corrected chi connectivity index (χ2v) is 6.32. The number of hydrogen-bond donors (Lipinski definition) is 0. The SMILES string of the molecule is Cc1ccc(OCCN(C)C(=O)Cn2cnc3ccc(F)cc3c2=O)cc1. The minimum atomic E-state index is -0.518. The van der Waals surface area contributed by atoms with E-state index < -0.39 is 11.4 Å². The average molecular weight is 369 g/mol. The van der Waals surface area contributed by atoms with Crippen molar-refractivity contribution in [2.45, 2.75) is 13.5 Å². The molecule has 0 N–H and O–H groups in total. The van der Waals surface area contributed by atoms with Gasteiger partial charge in [0.2, 0.25) is 5.91 Å². The average Bonchev–Trinajstić information content (AvgIpc) is 2.66. The third-order valence-corrected chi connectivity index (χ3v) is 4.23. The number of aromatic nitrogens is 2. The normalized spacial score (nSPS) is 10.8. The van der Waals surface area contributed by atoms with Crippen molar-refractivity contribution < 1.29 is 13.9 Å². The Morgan fingerprint density at radius 3 is 2.70 bits per heavy atom. The van der Waals surface area contributed by atoms with E-state index in [-0.39, 0.29) is 17.8 Å². The van der Waals surface area contributed by atoms with Crippen molar-refractivity contribution in [2.75, 3.05) is 20.2 Å². The fourth-order valence-corrected chi connectivity index (χ4v) is 2.57. The molecule has 1 aromatic heterocycles. The van der Waals surface area contributed by atoms with Crippen molar-refractivity contribution in [2.24, 2.45) is 0 Å². The van der Waals surface area contributed by atoms with Gasteiger partial charge in [-0.2, -0.15) is 0 Å². The topological polar surface area (TPSA) is 64.4 Å². The van der Waals surface area contributed by atoms with E-state index in [0.29, 0.717) is 18.7 Å². The van der Waals surface area contributed by atoms with Gasteiger partial charge in [-0.15, -0.1) is 0 Å². The van der Waals surface area contributed by atoms with Crippen LogP contribution in [0.25, 0.3) is 10.9 Å². The summed E-state index contributed by atoms with van der Waals surface area (Å²) in [4.78, 5) is 30.4. The number of amides is 1. The highest BCUT2D eigenvalue weighted by atomic mass is 19.1. The van der Waals surface area contributed by atoms with E-state index in [1.54, 1.807) is 7.05 Å². The van der Waals surface area contributed by atoms with Crippen LogP contribution >= 0.6 is 0 Å². The summed E-state index contributed by atoms with van der Waals surface area (Å²) in [5.74, 6) is -0.0450. The van der Waals surface area contributed by atoms with E-state index in [0.717, 1.165) is 17.4 Å². The lowest BCUT2D eigenvalue weighted by Crippen LogP contribution is -2.36. The largest absolute Gasteiger partial charge is 0.492 e. The first-order valence-corrected chi connectivity index (χ1v) is 8.52. The number of halogens is 1. The first-order chi connectivity index (χ1) is 12.9. The third kappa shape index (κ3) is 4.49. The summed E-state index contributed by atoms with van der Waals surface area (Å²) in [5.41, 5.74) is 1.09. The molecule has 0 aliphatic carbocycles. The molecule has 0 fully saturated rings. The molecule has 0 unspecified atom stereocenters. The molecule has 0 spiro atoms. The standard InChI is InChI=1S/C20H20FN3O3/c1-14-3-6-16(7-4-14)27-10-9-23(2)19(25)12-24-13-22-18-8-5-15(21)11-17(18)20(24)26/h3-8,11,13H,9-10,12H2,1-2H3. The molecule has 0 saturated carbocycles. The van der Waals surface area contributed by atoms with Gasteiger partial charge in [-0.3, -0.25) is 14.2 Å². The van der Waals surface area contributed by atoms with Crippen molar-refractivity contribution in [3.63, 3.8) is 0 Å². The zero-order valence-electron chi connectivity index (χ0n) is 15.2. The molecule has 0 bridgehead atoms. The first kappa shape index (κ1) is 18.6. The number of rotatable bonds is 6. The van der Waals surface area contributed by atoms with Crippen LogP contribution in [0.1, 0.15) is 5.56 Å². The van der Waals surface area contributed by atoms with Gasteiger partial charge in [0.05, 0.1) is 23.8 Å². The number of nitrogens with zero attached hydrogens (tertiary/aromatic N) is 3. The molecule has 27 heavy (non-hydrogen) atoms. The summed E-state index contributed by atoms with van der Waals surface area (Å²) in [5, 5.41) is 0.149. The molecular formula is C20H20FN3O3. The molecule has 1 heterocycles. The van der Waals surface area contributed by atoms with Gasteiger partial charge in [-0.25, -0.2) is 9.37 Å². The molecule has 6 nitrogen and oxygen atoms in total. The van der Waals surface area contributed by atoms with Gasteiger partial charge in [-0.05, 0) is 37.3 Å². The summed E-state index contributed by atoms with van der Waals surface area (Å²) in [6.07, 6.45) is 1.30. The molecule has 3 aromatic rings. The monoisotopic (exact) mass is 369 g/mol. The van der Waals surface area contributed by atoms with Crippen molar-refractivity contribution in [3.05, 3.63) is 70.5 Å². The summed E-state index contributed by atoms with van der Waals surface area (Å²) < 4.78 is 20.2. The van der Waals surface area contributed by atoms with Crippen LogP contribution in [0, 0.1) is 12.7 Å². The van der Waals surface area contributed by atoms with E-state index in [4.69, 9.17) is 4.74 Å². The number of aryl methyl sites for hydroxylation is 1. The minimum absolute atomic E-state index is 0.149. The van der Waals surface area contributed by atoms with Gasteiger partial charge in [-0.1, -0.05) is 17.7 Å². The fourth-order valence-electron chi connectivity index (χ4n) is 2.57. The number of likely N-dealkylation sites (N-methyl/N-ethyl adjacent to an activating group) is 1. The Labute approximate surface area is 155 Å². The van der Waals surface area contributed by atoms with Gasteiger partial charge in [0.25, 0.3) is 5.56 Å². The Hall–Kier alpha value is -3.22. The summed E-state index contributed by atoms with van der Waals surface area (Å²) >= 11 is 0. The lowest BCUT2D eigenvalue weighted by Gasteiger charge is -2.18. The van der Waals surface area contributed by atoms with Crippen molar-refractivity contribution in [1.29, 1.82) is 0 Å². The van der Waals surface area contributed by atoms with Gasteiger partial charge >= 0.3 is 0 Å². The van der Waals surface area contributed by atoms with E-state index in [1.807, 2.05) is 31.2 Å². The zero-order chi connectivity index (χ0) is 19.4. The third-order valence-electron chi connectivity index (χ3n) is 4.23. The van der Waals surface area contributed by atoms with Crippen LogP contribution in [0.4, 0.5) is 4.39 Å². The molecule has 0 aliphatic rings. The van der Waals surface area contributed by atoms with Gasteiger partial charge < -0.3 is 9.64 Å². The molecule has 0 radical (unpaired) electrons. The Morgan fingerprint density at radius 2 is 1.96 bits per heavy atom. The zero-order valence-corrected chi connectivity index (χ0v) is 15.2. The summed E-state index contributed by atoms with van der Waals surface area (Å²) in [6, 6.07) is 11.5.